The third kappa shape index (κ3) is 3.10. The molecule has 9 nitrogen and oxygen atoms in total. The van der Waals surface area contributed by atoms with E-state index in [2.05, 4.69) is 15.8 Å². The van der Waals surface area contributed by atoms with E-state index in [0.717, 1.165) is 0 Å². The van der Waals surface area contributed by atoms with Gasteiger partial charge in [0.05, 0.1) is 11.3 Å². The van der Waals surface area contributed by atoms with Crippen LogP contribution in [0.1, 0.15) is 40.6 Å². The number of carbonyl (C=O) groups excluding carboxylic acids is 4. The van der Waals surface area contributed by atoms with Crippen molar-refractivity contribution in [1.29, 1.82) is 0 Å². The first-order chi connectivity index (χ1) is 13.9. The predicted octanol–water partition coefficient (Wildman–Crippen LogP) is 0.842. The average Bonchev–Trinajstić information content (AvgIpc) is 3.05. The van der Waals surface area contributed by atoms with Crippen LogP contribution in [0.2, 0.25) is 0 Å². The molecule has 2 N–H and O–H groups in total. The van der Waals surface area contributed by atoms with Crippen molar-refractivity contribution in [3.63, 3.8) is 0 Å². The SMILES string of the molecule is CC12CCC(=O)N1c1ccccc1C(=O)N2CC(=O)NNC(=O)c1ccccn1. The van der Waals surface area contributed by atoms with Gasteiger partial charge in [-0.15, -0.1) is 0 Å². The molecule has 4 rings (SSSR count). The summed E-state index contributed by atoms with van der Waals surface area (Å²) in [5, 5.41) is 0. The quantitative estimate of drug-likeness (QED) is 0.751. The molecule has 1 saturated heterocycles. The van der Waals surface area contributed by atoms with Crippen molar-refractivity contribution in [1.82, 2.24) is 20.7 Å². The monoisotopic (exact) mass is 393 g/mol. The van der Waals surface area contributed by atoms with E-state index < -0.39 is 17.5 Å². The number of amides is 4. The Kier molecular flexibility index (Phi) is 4.50. The van der Waals surface area contributed by atoms with Crippen LogP contribution in [-0.4, -0.2) is 45.7 Å². The fraction of sp³-hybridized carbons (Fsp3) is 0.250. The molecular weight excluding hydrogens is 374 g/mol. The van der Waals surface area contributed by atoms with Crippen LogP contribution in [0.5, 0.6) is 0 Å². The summed E-state index contributed by atoms with van der Waals surface area (Å²) < 4.78 is 0. The molecule has 1 aromatic carbocycles. The second-order valence-electron chi connectivity index (χ2n) is 7.07. The van der Waals surface area contributed by atoms with Crippen molar-refractivity contribution >= 4 is 29.3 Å². The Hall–Kier alpha value is -3.75. The number of benzene rings is 1. The highest BCUT2D eigenvalue weighted by atomic mass is 16.2. The number of carbonyl (C=O) groups is 4. The van der Waals surface area contributed by atoms with Gasteiger partial charge in [0, 0.05) is 12.6 Å². The summed E-state index contributed by atoms with van der Waals surface area (Å²) in [5.74, 6) is -1.58. The van der Waals surface area contributed by atoms with E-state index >= 15 is 0 Å². The highest BCUT2D eigenvalue weighted by Gasteiger charge is 2.53. The maximum atomic E-state index is 13.1. The molecule has 0 radical (unpaired) electrons. The minimum atomic E-state index is -0.940. The summed E-state index contributed by atoms with van der Waals surface area (Å²) in [6.45, 7) is 1.46. The van der Waals surface area contributed by atoms with Crippen LogP contribution in [-0.2, 0) is 9.59 Å². The van der Waals surface area contributed by atoms with Crippen LogP contribution in [0.15, 0.2) is 48.7 Å². The molecule has 0 saturated carbocycles. The molecule has 0 spiro atoms. The molecule has 0 aliphatic carbocycles. The number of para-hydroxylation sites is 1. The smallest absolute Gasteiger partial charge is 0.288 e. The second kappa shape index (κ2) is 7.01. The molecule has 1 atom stereocenters. The zero-order chi connectivity index (χ0) is 20.6. The number of pyridine rings is 1. The van der Waals surface area contributed by atoms with E-state index in [1.54, 1.807) is 48.2 Å². The van der Waals surface area contributed by atoms with E-state index in [9.17, 15) is 19.2 Å². The topological polar surface area (TPSA) is 112 Å². The standard InChI is InChI=1S/C20H19N5O4/c1-20-10-9-17(27)25(20)15-8-3-2-6-13(15)19(29)24(20)12-16(26)22-23-18(28)14-7-4-5-11-21-14/h2-8,11H,9-10,12H2,1H3,(H,22,26)(H,23,28). The van der Waals surface area contributed by atoms with Crippen LogP contribution < -0.4 is 15.8 Å². The Morgan fingerprint density at radius 2 is 1.86 bits per heavy atom. The van der Waals surface area contributed by atoms with Crippen LogP contribution in [0.25, 0.3) is 0 Å². The lowest BCUT2D eigenvalue weighted by atomic mass is 9.98. The Morgan fingerprint density at radius 1 is 1.10 bits per heavy atom. The minimum absolute atomic E-state index is 0.0960. The van der Waals surface area contributed by atoms with E-state index in [-0.39, 0.29) is 30.5 Å². The molecule has 1 unspecified atom stereocenters. The van der Waals surface area contributed by atoms with Gasteiger partial charge in [-0.05, 0) is 37.6 Å². The first kappa shape index (κ1) is 18.6. The first-order valence-electron chi connectivity index (χ1n) is 9.16. The van der Waals surface area contributed by atoms with Crippen LogP contribution >= 0.6 is 0 Å². The summed E-state index contributed by atoms with van der Waals surface area (Å²) in [5.41, 5.74) is 4.72. The fourth-order valence-corrected chi connectivity index (χ4v) is 3.81. The maximum Gasteiger partial charge on any atom is 0.288 e. The number of nitrogens with one attached hydrogen (secondary N) is 2. The van der Waals surface area contributed by atoms with Gasteiger partial charge in [0.25, 0.3) is 17.7 Å². The number of hydrazine groups is 1. The summed E-state index contributed by atoms with van der Waals surface area (Å²) >= 11 is 0. The Balaban J connectivity index is 1.52. The third-order valence-electron chi connectivity index (χ3n) is 5.26. The summed E-state index contributed by atoms with van der Waals surface area (Å²) in [6, 6.07) is 11.7. The number of aromatic nitrogens is 1. The molecule has 2 aliphatic rings. The molecule has 4 amide bonds. The third-order valence-corrected chi connectivity index (χ3v) is 5.26. The molecule has 1 aromatic heterocycles. The number of nitrogens with zero attached hydrogens (tertiary/aromatic N) is 3. The summed E-state index contributed by atoms with van der Waals surface area (Å²) in [4.78, 5) is 57.0. The second-order valence-corrected chi connectivity index (χ2v) is 7.07. The van der Waals surface area contributed by atoms with Gasteiger partial charge in [-0.3, -0.25) is 39.9 Å². The van der Waals surface area contributed by atoms with Gasteiger partial charge in [0.15, 0.2) is 0 Å². The summed E-state index contributed by atoms with van der Waals surface area (Å²) in [7, 11) is 0. The lowest BCUT2D eigenvalue weighted by molar-refractivity contribution is -0.124. The number of anilines is 1. The Labute approximate surface area is 166 Å². The Morgan fingerprint density at radius 3 is 2.62 bits per heavy atom. The molecule has 29 heavy (non-hydrogen) atoms. The van der Waals surface area contributed by atoms with Crippen LogP contribution in [0.3, 0.4) is 0 Å². The largest absolute Gasteiger partial charge is 0.306 e. The number of hydrogen-bond acceptors (Lipinski definition) is 5. The van der Waals surface area contributed by atoms with Gasteiger partial charge >= 0.3 is 0 Å². The summed E-state index contributed by atoms with van der Waals surface area (Å²) in [6.07, 6.45) is 2.17. The highest BCUT2D eigenvalue weighted by molar-refractivity contribution is 6.11. The van der Waals surface area contributed by atoms with Gasteiger partial charge in [-0.25, -0.2) is 0 Å². The average molecular weight is 393 g/mol. The lowest BCUT2D eigenvalue weighted by Gasteiger charge is -2.48. The zero-order valence-electron chi connectivity index (χ0n) is 15.7. The molecule has 2 aliphatic heterocycles. The van der Waals surface area contributed by atoms with Gasteiger partial charge in [-0.1, -0.05) is 18.2 Å². The van der Waals surface area contributed by atoms with Crippen LogP contribution in [0.4, 0.5) is 5.69 Å². The van der Waals surface area contributed by atoms with E-state index in [1.807, 2.05) is 0 Å². The molecule has 148 valence electrons. The maximum absolute atomic E-state index is 13.1. The zero-order valence-corrected chi connectivity index (χ0v) is 15.7. The van der Waals surface area contributed by atoms with Crippen LogP contribution in [0, 0.1) is 0 Å². The molecular formula is C20H19N5O4. The number of hydrogen-bond donors (Lipinski definition) is 2. The van der Waals surface area contributed by atoms with Gasteiger partial charge in [-0.2, -0.15) is 0 Å². The van der Waals surface area contributed by atoms with Crippen molar-refractivity contribution < 1.29 is 19.2 Å². The van der Waals surface area contributed by atoms with Gasteiger partial charge in [0.1, 0.15) is 17.9 Å². The van der Waals surface area contributed by atoms with Crippen molar-refractivity contribution in [3.8, 4) is 0 Å². The van der Waals surface area contributed by atoms with E-state index in [0.29, 0.717) is 17.7 Å². The van der Waals surface area contributed by atoms with Crippen molar-refractivity contribution in [3.05, 3.63) is 59.9 Å². The highest BCUT2D eigenvalue weighted by Crippen LogP contribution is 2.43. The molecule has 2 aromatic rings. The molecule has 3 heterocycles. The Bertz CT molecular complexity index is 1010. The van der Waals surface area contributed by atoms with E-state index in [4.69, 9.17) is 0 Å². The first-order valence-corrected chi connectivity index (χ1v) is 9.16. The number of rotatable bonds is 3. The van der Waals surface area contributed by atoms with E-state index in [1.165, 1.54) is 17.2 Å². The predicted molar refractivity (Wildman–Crippen MR) is 102 cm³/mol. The normalized spacial score (nSPS) is 20.2. The van der Waals surface area contributed by atoms with Gasteiger partial charge < -0.3 is 4.90 Å². The molecule has 0 bridgehead atoms. The van der Waals surface area contributed by atoms with Crippen molar-refractivity contribution in [2.24, 2.45) is 0 Å². The fourth-order valence-electron chi connectivity index (χ4n) is 3.81. The minimum Gasteiger partial charge on any atom is -0.306 e. The number of fused-ring (bicyclic) bond motifs is 3. The lowest BCUT2D eigenvalue weighted by Crippen LogP contribution is -2.64. The molecule has 1 fully saturated rings. The van der Waals surface area contributed by atoms with Gasteiger partial charge in [0.2, 0.25) is 5.91 Å². The molecule has 9 heteroatoms. The van der Waals surface area contributed by atoms with Crippen molar-refractivity contribution in [2.45, 2.75) is 25.4 Å². The van der Waals surface area contributed by atoms with Crippen molar-refractivity contribution in [2.75, 3.05) is 11.4 Å².